The van der Waals surface area contributed by atoms with E-state index in [1.54, 1.807) is 0 Å². The third-order valence-electron chi connectivity index (χ3n) is 6.29. The molecule has 0 aliphatic carbocycles. The average Bonchev–Trinajstić information content (AvgIpc) is 3.12. The van der Waals surface area contributed by atoms with Gasteiger partial charge in [0, 0.05) is 24.2 Å². The molecule has 4 heteroatoms. The summed E-state index contributed by atoms with van der Waals surface area (Å²) in [5.74, 6) is 1.05. The van der Waals surface area contributed by atoms with Crippen molar-refractivity contribution in [3.63, 3.8) is 0 Å². The molecule has 30 heavy (non-hydrogen) atoms. The van der Waals surface area contributed by atoms with Crippen molar-refractivity contribution in [1.29, 1.82) is 0 Å². The normalized spacial score (nSPS) is 18.8. The number of hydrogen-bond donors (Lipinski definition) is 0. The molecule has 1 aliphatic heterocycles. The van der Waals surface area contributed by atoms with Gasteiger partial charge < -0.3 is 14.5 Å². The second kappa shape index (κ2) is 10.6. The van der Waals surface area contributed by atoms with Gasteiger partial charge >= 0.3 is 0 Å². The molecule has 2 aromatic carbocycles. The van der Waals surface area contributed by atoms with Crippen LogP contribution >= 0.6 is 0 Å². The number of hydrogen-bond acceptors (Lipinski definition) is 3. The Morgan fingerprint density at radius 2 is 1.47 bits per heavy atom. The van der Waals surface area contributed by atoms with Crippen molar-refractivity contribution in [2.45, 2.75) is 59.0 Å². The molecule has 0 saturated carbocycles. The fourth-order valence-electron chi connectivity index (χ4n) is 4.31. The van der Waals surface area contributed by atoms with Crippen LogP contribution in [0.3, 0.4) is 0 Å². The molecule has 2 atom stereocenters. The Kier molecular flexibility index (Phi) is 7.92. The summed E-state index contributed by atoms with van der Waals surface area (Å²) >= 11 is 0. The Balaban J connectivity index is 1.56. The Bertz CT molecular complexity index is 787. The highest BCUT2D eigenvalue weighted by atomic mass is 16.5. The molecule has 0 bridgehead atoms. The van der Waals surface area contributed by atoms with Crippen molar-refractivity contribution >= 4 is 5.91 Å². The second-order valence-electron chi connectivity index (χ2n) is 8.32. The molecule has 0 aromatic heterocycles. The minimum atomic E-state index is 0.146. The zero-order valence-corrected chi connectivity index (χ0v) is 18.9. The molecule has 0 unspecified atom stereocenters. The van der Waals surface area contributed by atoms with Gasteiger partial charge in [0.15, 0.2) is 0 Å². The zero-order chi connectivity index (χ0) is 21.5. The van der Waals surface area contributed by atoms with Crippen LogP contribution in [0.5, 0.6) is 5.75 Å². The number of rotatable bonds is 9. The lowest BCUT2D eigenvalue weighted by molar-refractivity contribution is 0.0693. The van der Waals surface area contributed by atoms with Gasteiger partial charge in [-0.25, -0.2) is 0 Å². The van der Waals surface area contributed by atoms with Gasteiger partial charge in [0.25, 0.3) is 5.91 Å². The number of carbonyl (C=O) groups excluding carboxylic acids is 1. The molecule has 1 aliphatic rings. The first-order valence-corrected chi connectivity index (χ1v) is 11.4. The molecular formula is C26H36N2O2. The molecule has 1 heterocycles. The van der Waals surface area contributed by atoms with Crippen LogP contribution in [0.2, 0.25) is 0 Å². The van der Waals surface area contributed by atoms with Crippen molar-refractivity contribution in [2.24, 2.45) is 0 Å². The lowest BCUT2D eigenvalue weighted by Gasteiger charge is -2.26. The van der Waals surface area contributed by atoms with Crippen molar-refractivity contribution in [3.8, 4) is 16.9 Å². The van der Waals surface area contributed by atoms with E-state index in [0.717, 1.165) is 67.9 Å². The maximum absolute atomic E-state index is 12.9. The fourth-order valence-corrected chi connectivity index (χ4v) is 4.31. The van der Waals surface area contributed by atoms with Crippen LogP contribution in [0.15, 0.2) is 48.5 Å². The molecular weight excluding hydrogens is 372 g/mol. The highest BCUT2D eigenvalue weighted by molar-refractivity contribution is 5.95. The molecule has 1 fully saturated rings. The lowest BCUT2D eigenvalue weighted by atomic mass is 10.0. The predicted molar refractivity (Wildman–Crippen MR) is 124 cm³/mol. The fraction of sp³-hybridized carbons (Fsp3) is 0.500. The Morgan fingerprint density at radius 1 is 0.933 bits per heavy atom. The maximum atomic E-state index is 12.9. The summed E-state index contributed by atoms with van der Waals surface area (Å²) in [6, 6.07) is 16.9. The van der Waals surface area contributed by atoms with E-state index < -0.39 is 0 Å². The minimum absolute atomic E-state index is 0.146. The van der Waals surface area contributed by atoms with E-state index in [4.69, 9.17) is 4.74 Å². The van der Waals surface area contributed by atoms with Crippen LogP contribution < -0.4 is 4.74 Å². The smallest absolute Gasteiger partial charge is 0.254 e. The summed E-state index contributed by atoms with van der Waals surface area (Å²) in [5.41, 5.74) is 3.02. The second-order valence-corrected chi connectivity index (χ2v) is 8.32. The van der Waals surface area contributed by atoms with Gasteiger partial charge in [0.05, 0.1) is 6.61 Å². The largest absolute Gasteiger partial charge is 0.494 e. The van der Waals surface area contributed by atoms with Gasteiger partial charge in [-0.2, -0.15) is 0 Å². The molecule has 2 aromatic rings. The summed E-state index contributed by atoms with van der Waals surface area (Å²) in [5, 5.41) is 0. The van der Waals surface area contributed by atoms with E-state index in [2.05, 4.69) is 44.7 Å². The molecule has 0 radical (unpaired) electrons. The van der Waals surface area contributed by atoms with Crippen LogP contribution in [0.1, 0.15) is 57.3 Å². The third kappa shape index (κ3) is 5.42. The molecule has 1 saturated heterocycles. The van der Waals surface area contributed by atoms with Gasteiger partial charge in [-0.3, -0.25) is 4.79 Å². The van der Waals surface area contributed by atoms with Gasteiger partial charge in [-0.05, 0) is 81.6 Å². The van der Waals surface area contributed by atoms with E-state index in [1.807, 2.05) is 41.3 Å². The van der Waals surface area contributed by atoms with Gasteiger partial charge in [-0.15, -0.1) is 0 Å². The highest BCUT2D eigenvalue weighted by Gasteiger charge is 2.31. The van der Waals surface area contributed by atoms with E-state index in [9.17, 15) is 4.79 Å². The SMILES string of the molecule is CCN(CC)CCCOc1ccc(-c2ccc(C(=O)N3[C@@H](C)CC[C@@H]3C)cc2)cc1. The summed E-state index contributed by atoms with van der Waals surface area (Å²) in [6.45, 7) is 12.7. The van der Waals surface area contributed by atoms with Crippen LogP contribution in [-0.4, -0.2) is 54.0 Å². The zero-order valence-electron chi connectivity index (χ0n) is 18.9. The number of ether oxygens (including phenoxy) is 1. The number of amides is 1. The Morgan fingerprint density at radius 3 is 2.00 bits per heavy atom. The van der Waals surface area contributed by atoms with E-state index in [1.165, 1.54) is 0 Å². The van der Waals surface area contributed by atoms with Crippen LogP contribution in [-0.2, 0) is 0 Å². The van der Waals surface area contributed by atoms with Gasteiger partial charge in [0.2, 0.25) is 0 Å². The summed E-state index contributed by atoms with van der Waals surface area (Å²) in [7, 11) is 0. The van der Waals surface area contributed by atoms with E-state index in [0.29, 0.717) is 12.1 Å². The standard InChI is InChI=1S/C26H36N2O2/c1-5-27(6-2)18-7-19-30-25-16-14-23(15-17-25)22-10-12-24(13-11-22)26(29)28-20(3)8-9-21(28)4/h10-17,20-21H,5-9,18-19H2,1-4H3/t20-,21-/m0/s1. The average molecular weight is 409 g/mol. The van der Waals surface area contributed by atoms with Crippen LogP contribution in [0.4, 0.5) is 0 Å². The molecule has 4 nitrogen and oxygen atoms in total. The molecule has 3 rings (SSSR count). The number of nitrogens with zero attached hydrogens (tertiary/aromatic N) is 2. The van der Waals surface area contributed by atoms with Gasteiger partial charge in [-0.1, -0.05) is 38.1 Å². The topological polar surface area (TPSA) is 32.8 Å². The van der Waals surface area contributed by atoms with Crippen LogP contribution in [0, 0.1) is 0 Å². The van der Waals surface area contributed by atoms with E-state index in [-0.39, 0.29) is 5.91 Å². The van der Waals surface area contributed by atoms with Gasteiger partial charge in [0.1, 0.15) is 5.75 Å². The first-order valence-electron chi connectivity index (χ1n) is 11.4. The summed E-state index contributed by atoms with van der Waals surface area (Å²) in [4.78, 5) is 17.3. The number of benzene rings is 2. The molecule has 0 spiro atoms. The predicted octanol–water partition coefficient (Wildman–Crippen LogP) is 5.48. The molecule has 0 N–H and O–H groups in total. The van der Waals surface area contributed by atoms with Crippen molar-refractivity contribution in [3.05, 3.63) is 54.1 Å². The molecule has 162 valence electrons. The quantitative estimate of drug-likeness (QED) is 0.515. The summed E-state index contributed by atoms with van der Waals surface area (Å²) < 4.78 is 5.89. The highest BCUT2D eigenvalue weighted by Crippen LogP contribution is 2.27. The van der Waals surface area contributed by atoms with Crippen LogP contribution in [0.25, 0.3) is 11.1 Å². The summed E-state index contributed by atoms with van der Waals surface area (Å²) in [6.07, 6.45) is 3.22. The van der Waals surface area contributed by atoms with E-state index >= 15 is 0 Å². The molecule has 1 amide bonds. The number of carbonyl (C=O) groups is 1. The van der Waals surface area contributed by atoms with Crippen molar-refractivity contribution < 1.29 is 9.53 Å². The minimum Gasteiger partial charge on any atom is -0.494 e. The first kappa shape index (κ1) is 22.4. The maximum Gasteiger partial charge on any atom is 0.254 e. The Hall–Kier alpha value is -2.33. The Labute approximate surface area is 181 Å². The third-order valence-corrected chi connectivity index (χ3v) is 6.29. The first-order chi connectivity index (χ1) is 14.5. The monoisotopic (exact) mass is 408 g/mol. The van der Waals surface area contributed by atoms with Crippen molar-refractivity contribution in [2.75, 3.05) is 26.2 Å². The number of likely N-dealkylation sites (tertiary alicyclic amines) is 1. The van der Waals surface area contributed by atoms with Crippen molar-refractivity contribution in [1.82, 2.24) is 9.80 Å². The lowest BCUT2D eigenvalue weighted by Crippen LogP contribution is -2.38.